The summed E-state index contributed by atoms with van der Waals surface area (Å²) in [5, 5.41) is 8.80. The molecule has 1 N–H and O–H groups in total. The second kappa shape index (κ2) is 4.47. The Bertz CT molecular complexity index is 336. The number of rotatable bonds is 4. The van der Waals surface area contributed by atoms with Crippen molar-refractivity contribution in [2.75, 3.05) is 26.2 Å². The number of benzene rings is 1. The van der Waals surface area contributed by atoms with Gasteiger partial charge in [-0.2, -0.15) is 8.78 Å². The lowest BCUT2D eigenvalue weighted by molar-refractivity contribution is -0.0717. The molecule has 88 valence electrons. The van der Waals surface area contributed by atoms with E-state index < -0.39 is 5.92 Å². The number of alkyl halides is 2. The molecule has 16 heavy (non-hydrogen) atoms. The minimum Gasteiger partial charge on any atom is -0.396 e. The van der Waals surface area contributed by atoms with E-state index in [-0.39, 0.29) is 24.6 Å². The summed E-state index contributed by atoms with van der Waals surface area (Å²) in [4.78, 5) is 1.67. The first-order valence-electron chi connectivity index (χ1n) is 5.38. The van der Waals surface area contributed by atoms with Gasteiger partial charge in [-0.05, 0) is 0 Å². The molecule has 2 nitrogen and oxygen atoms in total. The molecular weight excluding hydrogens is 212 g/mol. The summed E-state index contributed by atoms with van der Waals surface area (Å²) in [5.74, 6) is -2.63. The van der Waals surface area contributed by atoms with Gasteiger partial charge in [0, 0.05) is 31.2 Å². The lowest BCUT2D eigenvalue weighted by atomic mass is 9.99. The third-order valence-electron chi connectivity index (χ3n) is 2.91. The van der Waals surface area contributed by atoms with Crippen LogP contribution in [0.1, 0.15) is 5.56 Å². The zero-order chi connectivity index (χ0) is 11.6. The van der Waals surface area contributed by atoms with Gasteiger partial charge in [-0.1, -0.05) is 30.3 Å². The maximum absolute atomic E-state index is 13.8. The molecule has 1 saturated heterocycles. The van der Waals surface area contributed by atoms with Crippen molar-refractivity contribution >= 4 is 0 Å². The van der Waals surface area contributed by atoms with Crippen molar-refractivity contribution in [3.05, 3.63) is 35.9 Å². The van der Waals surface area contributed by atoms with Gasteiger partial charge in [0.25, 0.3) is 5.92 Å². The largest absolute Gasteiger partial charge is 0.396 e. The minimum absolute atomic E-state index is 0.0578. The number of halogens is 2. The highest BCUT2D eigenvalue weighted by atomic mass is 19.3. The lowest BCUT2D eigenvalue weighted by Gasteiger charge is -2.40. The average molecular weight is 227 g/mol. The first-order valence-corrected chi connectivity index (χ1v) is 5.38. The standard InChI is InChI=1S/C12H15F2NO/c13-12(14,11-4-2-1-3-5-11)9-15-6-10(7-15)8-16/h1-5,10,16H,6-9H2. The fourth-order valence-corrected chi connectivity index (χ4v) is 1.98. The highest BCUT2D eigenvalue weighted by Crippen LogP contribution is 2.31. The summed E-state index contributed by atoms with van der Waals surface area (Å²) in [6, 6.07) is 7.86. The lowest BCUT2D eigenvalue weighted by Crippen LogP contribution is -2.51. The van der Waals surface area contributed by atoms with Gasteiger partial charge in [-0.25, -0.2) is 0 Å². The Labute approximate surface area is 93.5 Å². The van der Waals surface area contributed by atoms with Gasteiger partial charge in [-0.15, -0.1) is 0 Å². The molecule has 0 aliphatic carbocycles. The first kappa shape index (κ1) is 11.5. The van der Waals surface area contributed by atoms with Crippen molar-refractivity contribution in [2.24, 2.45) is 5.92 Å². The molecule has 2 rings (SSSR count). The fourth-order valence-electron chi connectivity index (χ4n) is 1.98. The molecule has 1 aromatic rings. The van der Waals surface area contributed by atoms with E-state index in [4.69, 9.17) is 5.11 Å². The Morgan fingerprint density at radius 3 is 2.44 bits per heavy atom. The quantitative estimate of drug-likeness (QED) is 0.846. The summed E-state index contributed by atoms with van der Waals surface area (Å²) in [6.07, 6.45) is 0. The predicted molar refractivity (Wildman–Crippen MR) is 57.4 cm³/mol. The van der Waals surface area contributed by atoms with Crippen LogP contribution in [0.15, 0.2) is 30.3 Å². The van der Waals surface area contributed by atoms with E-state index in [1.54, 1.807) is 23.1 Å². The summed E-state index contributed by atoms with van der Waals surface area (Å²) in [5.41, 5.74) is 0.0578. The fraction of sp³-hybridized carbons (Fsp3) is 0.500. The molecule has 0 amide bonds. The molecule has 1 aliphatic rings. The van der Waals surface area contributed by atoms with Crippen LogP contribution >= 0.6 is 0 Å². The van der Waals surface area contributed by atoms with Crippen molar-refractivity contribution in [2.45, 2.75) is 5.92 Å². The monoisotopic (exact) mass is 227 g/mol. The summed E-state index contributed by atoms with van der Waals surface area (Å²) < 4.78 is 27.5. The molecule has 1 aromatic carbocycles. The second-order valence-electron chi connectivity index (χ2n) is 4.31. The van der Waals surface area contributed by atoms with E-state index >= 15 is 0 Å². The molecule has 1 fully saturated rings. The summed E-state index contributed by atoms with van der Waals surface area (Å²) >= 11 is 0. The van der Waals surface area contributed by atoms with Crippen LogP contribution in [-0.2, 0) is 5.92 Å². The molecule has 1 heterocycles. The van der Waals surface area contributed by atoms with Gasteiger partial charge >= 0.3 is 0 Å². The van der Waals surface area contributed by atoms with E-state index in [2.05, 4.69) is 0 Å². The van der Waals surface area contributed by atoms with E-state index in [9.17, 15) is 8.78 Å². The van der Waals surface area contributed by atoms with E-state index in [0.717, 1.165) is 0 Å². The average Bonchev–Trinajstić information content (AvgIpc) is 2.24. The second-order valence-corrected chi connectivity index (χ2v) is 4.31. The van der Waals surface area contributed by atoms with Crippen LogP contribution in [0.5, 0.6) is 0 Å². The van der Waals surface area contributed by atoms with Crippen molar-refractivity contribution in [1.29, 1.82) is 0 Å². The molecule has 0 aromatic heterocycles. The number of aliphatic hydroxyl groups excluding tert-OH is 1. The van der Waals surface area contributed by atoms with Crippen LogP contribution in [0.25, 0.3) is 0 Å². The van der Waals surface area contributed by atoms with Crippen molar-refractivity contribution in [3.8, 4) is 0 Å². The van der Waals surface area contributed by atoms with E-state index in [0.29, 0.717) is 13.1 Å². The third kappa shape index (κ3) is 2.39. The molecular formula is C12H15F2NO. The Balaban J connectivity index is 1.94. The maximum atomic E-state index is 13.8. The van der Waals surface area contributed by atoms with Crippen LogP contribution < -0.4 is 0 Å². The van der Waals surface area contributed by atoms with Gasteiger partial charge in [0.2, 0.25) is 0 Å². The third-order valence-corrected chi connectivity index (χ3v) is 2.91. The predicted octanol–water partition coefficient (Wildman–Crippen LogP) is 1.70. The number of likely N-dealkylation sites (tertiary alicyclic amines) is 1. The Morgan fingerprint density at radius 1 is 1.25 bits per heavy atom. The van der Waals surface area contributed by atoms with Gasteiger partial charge in [0.15, 0.2) is 0 Å². The van der Waals surface area contributed by atoms with Crippen LogP contribution in [-0.4, -0.2) is 36.2 Å². The van der Waals surface area contributed by atoms with Gasteiger partial charge in [0.1, 0.15) is 0 Å². The van der Waals surface area contributed by atoms with E-state index in [1.807, 2.05) is 0 Å². The molecule has 0 bridgehead atoms. The van der Waals surface area contributed by atoms with Crippen LogP contribution in [0.2, 0.25) is 0 Å². The van der Waals surface area contributed by atoms with Gasteiger partial charge < -0.3 is 5.11 Å². The van der Waals surface area contributed by atoms with Crippen LogP contribution in [0, 0.1) is 5.92 Å². The van der Waals surface area contributed by atoms with Crippen molar-refractivity contribution in [3.63, 3.8) is 0 Å². The molecule has 1 aliphatic heterocycles. The molecule has 0 atom stereocenters. The van der Waals surface area contributed by atoms with Crippen LogP contribution in [0.3, 0.4) is 0 Å². The van der Waals surface area contributed by atoms with Gasteiger partial charge in [0.05, 0.1) is 6.54 Å². The zero-order valence-corrected chi connectivity index (χ0v) is 8.94. The van der Waals surface area contributed by atoms with Crippen molar-refractivity contribution in [1.82, 2.24) is 4.90 Å². The normalized spacial score (nSPS) is 18.4. The van der Waals surface area contributed by atoms with Gasteiger partial charge in [-0.3, -0.25) is 4.90 Å². The number of nitrogens with zero attached hydrogens (tertiary/aromatic N) is 1. The Hall–Kier alpha value is -1.00. The molecule has 0 radical (unpaired) electrons. The molecule has 0 spiro atoms. The summed E-state index contributed by atoms with van der Waals surface area (Å²) in [7, 11) is 0. The molecule has 4 heteroatoms. The molecule has 0 unspecified atom stereocenters. The number of aliphatic hydroxyl groups is 1. The highest BCUT2D eigenvalue weighted by Gasteiger charge is 2.38. The number of hydrogen-bond donors (Lipinski definition) is 1. The number of hydrogen-bond acceptors (Lipinski definition) is 2. The maximum Gasteiger partial charge on any atom is 0.285 e. The first-order chi connectivity index (χ1) is 7.62. The highest BCUT2D eigenvalue weighted by molar-refractivity contribution is 5.20. The Morgan fingerprint density at radius 2 is 1.88 bits per heavy atom. The smallest absolute Gasteiger partial charge is 0.285 e. The zero-order valence-electron chi connectivity index (χ0n) is 8.94. The summed E-state index contributed by atoms with van der Waals surface area (Å²) in [6.45, 7) is 0.971. The minimum atomic E-state index is -2.80. The Kier molecular flexibility index (Phi) is 3.21. The topological polar surface area (TPSA) is 23.5 Å². The SMILES string of the molecule is OCC1CN(CC(F)(F)c2ccccc2)C1. The molecule has 0 saturated carbocycles. The van der Waals surface area contributed by atoms with Crippen molar-refractivity contribution < 1.29 is 13.9 Å². The van der Waals surface area contributed by atoms with Crippen LogP contribution in [0.4, 0.5) is 8.78 Å². The van der Waals surface area contributed by atoms with E-state index in [1.165, 1.54) is 12.1 Å².